The number of piperidine rings is 1. The van der Waals surface area contributed by atoms with Gasteiger partial charge in [0.15, 0.2) is 0 Å². The molecule has 6 heteroatoms. The first-order valence-electron chi connectivity index (χ1n) is 10.6. The standard InChI is InChI=1S/C23H36N2O4/c1-17-7-8-20(14-19(17)15-24)28-13-11-18-6-5-12-25(16-18)21(26)9-10-22(27)29-23(2,3)4/h7-8,14,18H,5-6,9-13,15-16,24H2,1-4H3. The van der Waals surface area contributed by atoms with Crippen molar-refractivity contribution < 1.29 is 19.1 Å². The summed E-state index contributed by atoms with van der Waals surface area (Å²) in [4.78, 5) is 26.2. The molecule has 2 rings (SSSR count). The molecular formula is C23H36N2O4. The summed E-state index contributed by atoms with van der Waals surface area (Å²) in [5.74, 6) is 0.987. The van der Waals surface area contributed by atoms with Gasteiger partial charge in [-0.2, -0.15) is 0 Å². The molecule has 0 spiro atoms. The Hall–Kier alpha value is -2.08. The van der Waals surface area contributed by atoms with Crippen LogP contribution >= 0.6 is 0 Å². The van der Waals surface area contributed by atoms with Gasteiger partial charge in [0.05, 0.1) is 13.0 Å². The fraction of sp³-hybridized carbons (Fsp3) is 0.652. The van der Waals surface area contributed by atoms with Crippen LogP contribution in [0.2, 0.25) is 0 Å². The summed E-state index contributed by atoms with van der Waals surface area (Å²) in [6, 6.07) is 6.01. The van der Waals surface area contributed by atoms with Crippen LogP contribution in [-0.2, 0) is 20.9 Å². The number of carbonyl (C=O) groups excluding carboxylic acids is 2. The van der Waals surface area contributed by atoms with Crippen molar-refractivity contribution in [2.75, 3.05) is 19.7 Å². The van der Waals surface area contributed by atoms with Crippen molar-refractivity contribution in [3.8, 4) is 5.75 Å². The first-order chi connectivity index (χ1) is 13.7. The minimum atomic E-state index is -0.515. The van der Waals surface area contributed by atoms with E-state index in [0.29, 0.717) is 19.1 Å². The van der Waals surface area contributed by atoms with Crippen molar-refractivity contribution in [2.45, 2.75) is 71.9 Å². The molecule has 1 saturated heterocycles. The Labute approximate surface area is 174 Å². The van der Waals surface area contributed by atoms with Gasteiger partial charge in [0.2, 0.25) is 5.91 Å². The van der Waals surface area contributed by atoms with E-state index in [4.69, 9.17) is 15.2 Å². The van der Waals surface area contributed by atoms with Gasteiger partial charge in [-0.3, -0.25) is 9.59 Å². The molecule has 0 aliphatic carbocycles. The van der Waals surface area contributed by atoms with Crippen molar-refractivity contribution in [3.05, 3.63) is 29.3 Å². The molecule has 1 unspecified atom stereocenters. The van der Waals surface area contributed by atoms with Gasteiger partial charge in [0.25, 0.3) is 0 Å². The Balaban J connectivity index is 1.74. The Morgan fingerprint density at radius 3 is 2.69 bits per heavy atom. The fourth-order valence-corrected chi connectivity index (χ4v) is 3.59. The number of amides is 1. The SMILES string of the molecule is Cc1ccc(OCCC2CCCN(C(=O)CCC(=O)OC(C)(C)C)C2)cc1CN. The van der Waals surface area contributed by atoms with E-state index in [-0.39, 0.29) is 24.7 Å². The molecule has 29 heavy (non-hydrogen) atoms. The first-order valence-corrected chi connectivity index (χ1v) is 10.6. The molecule has 1 fully saturated rings. The number of nitrogens with two attached hydrogens (primary N) is 1. The number of nitrogens with zero attached hydrogens (tertiary/aromatic N) is 1. The van der Waals surface area contributed by atoms with Gasteiger partial charge in [0, 0.05) is 26.1 Å². The second-order valence-corrected chi connectivity index (χ2v) is 8.86. The van der Waals surface area contributed by atoms with Crippen molar-refractivity contribution in [1.29, 1.82) is 0 Å². The van der Waals surface area contributed by atoms with Crippen LogP contribution in [0.25, 0.3) is 0 Å². The average molecular weight is 405 g/mol. The van der Waals surface area contributed by atoms with E-state index in [1.54, 1.807) is 0 Å². The second kappa shape index (κ2) is 10.6. The van der Waals surface area contributed by atoms with Gasteiger partial charge in [0.1, 0.15) is 11.4 Å². The van der Waals surface area contributed by atoms with Crippen molar-refractivity contribution in [1.82, 2.24) is 4.90 Å². The third-order valence-electron chi connectivity index (χ3n) is 5.17. The summed E-state index contributed by atoms with van der Waals surface area (Å²) < 4.78 is 11.2. The maximum atomic E-state index is 12.5. The molecule has 1 aliphatic rings. The summed E-state index contributed by atoms with van der Waals surface area (Å²) in [7, 11) is 0. The van der Waals surface area contributed by atoms with Crippen LogP contribution in [-0.4, -0.2) is 42.1 Å². The van der Waals surface area contributed by atoms with Crippen molar-refractivity contribution in [3.63, 3.8) is 0 Å². The summed E-state index contributed by atoms with van der Waals surface area (Å²) in [5, 5.41) is 0. The summed E-state index contributed by atoms with van der Waals surface area (Å²) in [5.41, 5.74) is 7.52. The Morgan fingerprint density at radius 1 is 1.24 bits per heavy atom. The maximum Gasteiger partial charge on any atom is 0.306 e. The molecule has 162 valence electrons. The van der Waals surface area contributed by atoms with E-state index in [0.717, 1.165) is 43.7 Å². The molecule has 6 nitrogen and oxygen atoms in total. The van der Waals surface area contributed by atoms with Gasteiger partial charge in [-0.15, -0.1) is 0 Å². The van der Waals surface area contributed by atoms with Gasteiger partial charge in [-0.1, -0.05) is 6.07 Å². The van der Waals surface area contributed by atoms with Crippen molar-refractivity contribution in [2.24, 2.45) is 11.7 Å². The Bertz CT molecular complexity index is 697. The van der Waals surface area contributed by atoms with Gasteiger partial charge in [-0.05, 0) is 76.1 Å². The lowest BCUT2D eigenvalue weighted by molar-refractivity contribution is -0.156. The number of aryl methyl sites for hydroxylation is 1. The van der Waals surface area contributed by atoms with Gasteiger partial charge >= 0.3 is 5.97 Å². The minimum absolute atomic E-state index is 0.0348. The fourth-order valence-electron chi connectivity index (χ4n) is 3.59. The van der Waals surface area contributed by atoms with Crippen molar-refractivity contribution >= 4 is 11.9 Å². The molecule has 0 aromatic heterocycles. The largest absolute Gasteiger partial charge is 0.494 e. The quantitative estimate of drug-likeness (QED) is 0.670. The van der Waals surface area contributed by atoms with E-state index in [2.05, 4.69) is 0 Å². The molecule has 1 aromatic carbocycles. The third kappa shape index (κ3) is 8.05. The van der Waals surface area contributed by atoms with Gasteiger partial charge in [-0.25, -0.2) is 0 Å². The van der Waals surface area contributed by atoms with Crippen LogP contribution in [0.5, 0.6) is 5.75 Å². The molecule has 1 aliphatic heterocycles. The maximum absolute atomic E-state index is 12.5. The minimum Gasteiger partial charge on any atom is -0.494 e. The Kier molecular flexibility index (Phi) is 8.50. The van der Waals surface area contributed by atoms with E-state index >= 15 is 0 Å². The predicted octanol–water partition coefficient (Wildman–Crippen LogP) is 3.58. The molecular weight excluding hydrogens is 368 g/mol. The Morgan fingerprint density at radius 2 is 2.00 bits per heavy atom. The van der Waals surface area contributed by atoms with Crippen LogP contribution in [0.4, 0.5) is 0 Å². The van der Waals surface area contributed by atoms with Crippen LogP contribution in [0.15, 0.2) is 18.2 Å². The van der Waals surface area contributed by atoms with E-state index in [1.807, 2.05) is 50.8 Å². The summed E-state index contributed by atoms with van der Waals surface area (Å²) in [6.45, 7) is 10.2. The third-order valence-corrected chi connectivity index (χ3v) is 5.17. The number of hydrogen-bond acceptors (Lipinski definition) is 5. The summed E-state index contributed by atoms with van der Waals surface area (Å²) in [6.07, 6.45) is 3.34. The van der Waals surface area contributed by atoms with Crippen LogP contribution in [0, 0.1) is 12.8 Å². The molecule has 1 aromatic rings. The number of benzene rings is 1. The lowest BCUT2D eigenvalue weighted by Gasteiger charge is -2.33. The van der Waals surface area contributed by atoms with Crippen LogP contribution in [0.3, 0.4) is 0 Å². The highest BCUT2D eigenvalue weighted by Gasteiger charge is 2.25. The number of ether oxygens (including phenoxy) is 2. The number of hydrogen-bond donors (Lipinski definition) is 1. The molecule has 2 N–H and O–H groups in total. The second-order valence-electron chi connectivity index (χ2n) is 8.86. The van der Waals surface area contributed by atoms with E-state index in [1.165, 1.54) is 5.56 Å². The highest BCUT2D eigenvalue weighted by molar-refractivity contribution is 5.81. The zero-order valence-corrected chi connectivity index (χ0v) is 18.3. The zero-order valence-electron chi connectivity index (χ0n) is 18.3. The van der Waals surface area contributed by atoms with Crippen LogP contribution in [0.1, 0.15) is 64.0 Å². The number of rotatable bonds is 8. The highest BCUT2D eigenvalue weighted by Crippen LogP contribution is 2.22. The molecule has 1 amide bonds. The topological polar surface area (TPSA) is 81.9 Å². The molecule has 1 atom stereocenters. The predicted molar refractivity (Wildman–Crippen MR) is 114 cm³/mol. The number of carbonyl (C=O) groups is 2. The number of esters is 1. The number of likely N-dealkylation sites (tertiary alicyclic amines) is 1. The highest BCUT2D eigenvalue weighted by atomic mass is 16.6. The van der Waals surface area contributed by atoms with E-state index in [9.17, 15) is 9.59 Å². The zero-order chi connectivity index (χ0) is 21.4. The lowest BCUT2D eigenvalue weighted by atomic mass is 9.95. The summed E-state index contributed by atoms with van der Waals surface area (Å²) >= 11 is 0. The molecule has 0 bridgehead atoms. The van der Waals surface area contributed by atoms with E-state index < -0.39 is 5.60 Å². The van der Waals surface area contributed by atoms with Gasteiger partial charge < -0.3 is 20.1 Å². The smallest absolute Gasteiger partial charge is 0.306 e. The molecule has 0 saturated carbocycles. The first kappa shape index (κ1) is 23.2. The molecule has 0 radical (unpaired) electrons. The normalized spacial score (nSPS) is 17.1. The van der Waals surface area contributed by atoms with Crippen LogP contribution < -0.4 is 10.5 Å². The lowest BCUT2D eigenvalue weighted by Crippen LogP contribution is -2.40. The average Bonchev–Trinajstić information content (AvgIpc) is 2.66. The molecule has 1 heterocycles. The monoisotopic (exact) mass is 404 g/mol.